The number of benzene rings is 1. The molecule has 1 atom stereocenters. The van der Waals surface area contributed by atoms with Gasteiger partial charge in [0.1, 0.15) is 5.82 Å². The van der Waals surface area contributed by atoms with Crippen molar-refractivity contribution in [1.82, 2.24) is 0 Å². The third-order valence-electron chi connectivity index (χ3n) is 3.95. The van der Waals surface area contributed by atoms with Gasteiger partial charge >= 0.3 is 0 Å². The zero-order chi connectivity index (χ0) is 13.4. The minimum Gasteiger partial charge on any atom is -0.388 e. The van der Waals surface area contributed by atoms with Crippen LogP contribution < -0.4 is 0 Å². The lowest BCUT2D eigenvalue weighted by atomic mass is 9.70. The van der Waals surface area contributed by atoms with Gasteiger partial charge in [-0.15, -0.1) is 0 Å². The molecule has 1 fully saturated rings. The Labute approximate surface area is 120 Å². The molecule has 1 aliphatic rings. The molecule has 100 valence electrons. The number of aliphatic hydroxyl groups is 1. The molecule has 1 nitrogen and oxygen atoms in total. The first-order valence-corrected chi connectivity index (χ1v) is 8.03. The van der Waals surface area contributed by atoms with Gasteiger partial charge in [-0.25, -0.2) is 4.39 Å². The number of halogens is 2. The minimum absolute atomic E-state index is 0.0981. The fourth-order valence-electron chi connectivity index (χ4n) is 2.27. The summed E-state index contributed by atoms with van der Waals surface area (Å²) in [5.74, 6) is 1.58. The van der Waals surface area contributed by atoms with E-state index in [2.05, 4.69) is 29.8 Å². The van der Waals surface area contributed by atoms with Gasteiger partial charge in [-0.3, -0.25) is 0 Å². The number of hydrogen-bond donors (Lipinski definition) is 1. The molecular formula is C14H18BrFOS. The van der Waals surface area contributed by atoms with Crippen LogP contribution in [0.5, 0.6) is 0 Å². The molecule has 1 aromatic carbocycles. The van der Waals surface area contributed by atoms with Crippen LogP contribution in [0.1, 0.15) is 25.8 Å². The van der Waals surface area contributed by atoms with Crippen molar-refractivity contribution in [2.75, 3.05) is 11.5 Å². The van der Waals surface area contributed by atoms with Crippen LogP contribution in [0.25, 0.3) is 0 Å². The molecule has 2 rings (SSSR count). The quantitative estimate of drug-likeness (QED) is 0.882. The Kier molecular flexibility index (Phi) is 4.10. The third kappa shape index (κ3) is 2.75. The topological polar surface area (TPSA) is 20.2 Å². The van der Waals surface area contributed by atoms with Gasteiger partial charge in [-0.1, -0.05) is 19.9 Å². The van der Waals surface area contributed by atoms with Crippen molar-refractivity contribution in [1.29, 1.82) is 0 Å². The Morgan fingerprint density at radius 2 is 2.17 bits per heavy atom. The summed E-state index contributed by atoms with van der Waals surface area (Å²) in [7, 11) is 0. The summed E-state index contributed by atoms with van der Waals surface area (Å²) in [5.41, 5.74) is 0.160. The van der Waals surface area contributed by atoms with Crippen molar-refractivity contribution < 1.29 is 9.50 Å². The smallest absolute Gasteiger partial charge is 0.137 e. The molecule has 1 heterocycles. The fourth-order valence-corrected chi connectivity index (χ4v) is 4.33. The first kappa shape index (κ1) is 14.4. The van der Waals surface area contributed by atoms with E-state index in [1.165, 1.54) is 6.07 Å². The lowest BCUT2D eigenvalue weighted by Gasteiger charge is -2.46. The molecule has 1 N–H and O–H groups in total. The van der Waals surface area contributed by atoms with E-state index in [9.17, 15) is 9.50 Å². The third-order valence-corrected chi connectivity index (χ3v) is 5.73. The molecule has 0 amide bonds. The molecule has 0 saturated carbocycles. The van der Waals surface area contributed by atoms with Crippen LogP contribution in [0, 0.1) is 11.2 Å². The number of thioether (sulfide) groups is 1. The van der Waals surface area contributed by atoms with Gasteiger partial charge < -0.3 is 5.11 Å². The normalized spacial score (nSPS) is 27.2. The average molecular weight is 333 g/mol. The maximum Gasteiger partial charge on any atom is 0.137 e. The highest BCUT2D eigenvalue weighted by atomic mass is 79.9. The van der Waals surface area contributed by atoms with Gasteiger partial charge in [0.25, 0.3) is 0 Å². The fraction of sp³-hybridized carbons (Fsp3) is 0.571. The van der Waals surface area contributed by atoms with E-state index in [1.807, 2.05) is 0 Å². The summed E-state index contributed by atoms with van der Waals surface area (Å²) < 4.78 is 13.7. The predicted octanol–water partition coefficient (Wildman–Crippen LogP) is 4.02. The van der Waals surface area contributed by atoms with Gasteiger partial charge in [-0.05, 0) is 51.2 Å². The summed E-state index contributed by atoms with van der Waals surface area (Å²) in [4.78, 5) is 0. The molecule has 1 aromatic rings. The monoisotopic (exact) mass is 332 g/mol. The Morgan fingerprint density at radius 1 is 1.44 bits per heavy atom. The summed E-state index contributed by atoms with van der Waals surface area (Å²) in [6.07, 6.45) is 1.59. The molecule has 0 spiro atoms. The Bertz CT molecular complexity index is 449. The highest BCUT2D eigenvalue weighted by molar-refractivity contribution is 9.10. The van der Waals surface area contributed by atoms with E-state index in [1.54, 1.807) is 23.9 Å². The van der Waals surface area contributed by atoms with E-state index < -0.39 is 5.60 Å². The van der Waals surface area contributed by atoms with E-state index in [0.717, 1.165) is 23.5 Å². The Balaban J connectivity index is 2.23. The van der Waals surface area contributed by atoms with E-state index in [-0.39, 0.29) is 11.2 Å². The number of rotatable bonds is 2. The van der Waals surface area contributed by atoms with Crippen molar-refractivity contribution in [3.8, 4) is 0 Å². The second-order valence-corrected chi connectivity index (χ2v) is 7.60. The van der Waals surface area contributed by atoms with Crippen LogP contribution in [0.3, 0.4) is 0 Å². The van der Waals surface area contributed by atoms with Gasteiger partial charge in [-0.2, -0.15) is 11.8 Å². The lowest BCUT2D eigenvalue weighted by Crippen LogP contribution is -2.51. The lowest BCUT2D eigenvalue weighted by molar-refractivity contribution is -0.0513. The maximum absolute atomic E-state index is 13.2. The van der Waals surface area contributed by atoms with Gasteiger partial charge in [0.05, 0.1) is 10.1 Å². The van der Waals surface area contributed by atoms with Gasteiger partial charge in [0.2, 0.25) is 0 Å². The molecule has 4 heteroatoms. The molecule has 1 aliphatic heterocycles. The molecule has 1 saturated heterocycles. The summed E-state index contributed by atoms with van der Waals surface area (Å²) in [5, 5.41) is 10.9. The Hall–Kier alpha value is -0.0600. The molecule has 0 aromatic heterocycles. The summed E-state index contributed by atoms with van der Waals surface area (Å²) in [6.45, 7) is 4.23. The van der Waals surface area contributed by atoms with E-state index in [0.29, 0.717) is 10.9 Å². The van der Waals surface area contributed by atoms with Crippen LogP contribution in [0.2, 0.25) is 0 Å². The molecule has 0 bridgehead atoms. The molecule has 1 unspecified atom stereocenters. The second kappa shape index (κ2) is 5.14. The van der Waals surface area contributed by atoms with Crippen molar-refractivity contribution >= 4 is 27.7 Å². The SMILES string of the molecule is CC1(C)CCSCC1(O)Cc1ccc(F)c(Br)c1. The first-order valence-electron chi connectivity index (χ1n) is 6.08. The molecule has 0 aliphatic carbocycles. The zero-order valence-electron chi connectivity index (χ0n) is 10.7. The van der Waals surface area contributed by atoms with Crippen LogP contribution in [0.4, 0.5) is 4.39 Å². The largest absolute Gasteiger partial charge is 0.388 e. The molecular weight excluding hydrogens is 315 g/mol. The van der Waals surface area contributed by atoms with Crippen molar-refractivity contribution in [3.63, 3.8) is 0 Å². The number of hydrogen-bond acceptors (Lipinski definition) is 2. The van der Waals surface area contributed by atoms with Crippen molar-refractivity contribution in [2.45, 2.75) is 32.3 Å². The molecule has 18 heavy (non-hydrogen) atoms. The molecule has 0 radical (unpaired) electrons. The van der Waals surface area contributed by atoms with Crippen LogP contribution in [-0.2, 0) is 6.42 Å². The van der Waals surface area contributed by atoms with Gasteiger partial charge in [0.15, 0.2) is 0 Å². The van der Waals surface area contributed by atoms with Crippen LogP contribution in [0.15, 0.2) is 22.7 Å². The Morgan fingerprint density at radius 3 is 2.78 bits per heavy atom. The maximum atomic E-state index is 13.2. The standard InChI is InChI=1S/C14H18BrFOS/c1-13(2)5-6-18-9-14(13,17)8-10-3-4-12(16)11(15)7-10/h3-4,7,17H,5-6,8-9H2,1-2H3. The zero-order valence-corrected chi connectivity index (χ0v) is 13.1. The second-order valence-electron chi connectivity index (χ2n) is 5.64. The first-order chi connectivity index (χ1) is 8.34. The van der Waals surface area contributed by atoms with Crippen molar-refractivity contribution in [3.05, 3.63) is 34.1 Å². The minimum atomic E-state index is -0.715. The van der Waals surface area contributed by atoms with Crippen LogP contribution in [-0.4, -0.2) is 22.2 Å². The highest BCUT2D eigenvalue weighted by Crippen LogP contribution is 2.44. The van der Waals surface area contributed by atoms with Crippen molar-refractivity contribution in [2.24, 2.45) is 5.41 Å². The highest BCUT2D eigenvalue weighted by Gasteiger charge is 2.45. The van der Waals surface area contributed by atoms with E-state index >= 15 is 0 Å². The summed E-state index contributed by atoms with van der Waals surface area (Å²) >= 11 is 4.99. The van der Waals surface area contributed by atoms with Gasteiger partial charge in [0, 0.05) is 12.2 Å². The predicted molar refractivity (Wildman–Crippen MR) is 78.5 cm³/mol. The summed E-state index contributed by atoms with van der Waals surface area (Å²) in [6, 6.07) is 4.97. The van der Waals surface area contributed by atoms with E-state index in [4.69, 9.17) is 0 Å². The average Bonchev–Trinajstić information content (AvgIpc) is 2.28. The van der Waals surface area contributed by atoms with Crippen LogP contribution >= 0.6 is 27.7 Å².